The first-order chi connectivity index (χ1) is 7.63. The van der Waals surface area contributed by atoms with E-state index in [2.05, 4.69) is 24.8 Å². The summed E-state index contributed by atoms with van der Waals surface area (Å²) in [5, 5.41) is 9.68. The summed E-state index contributed by atoms with van der Waals surface area (Å²) in [6.07, 6.45) is 0. The van der Waals surface area contributed by atoms with E-state index < -0.39 is 0 Å². The molecule has 2 nitrogen and oxygen atoms in total. The molecule has 0 saturated carbocycles. The van der Waals surface area contributed by atoms with Crippen LogP contribution in [0.1, 0.15) is 19.4 Å². The van der Waals surface area contributed by atoms with Crippen LogP contribution in [0.5, 0.6) is 0 Å². The topological polar surface area (TPSA) is 27.0 Å². The highest BCUT2D eigenvalue weighted by Crippen LogP contribution is 2.32. The molecule has 1 aliphatic heterocycles. The van der Waals surface area contributed by atoms with Gasteiger partial charge in [0.15, 0.2) is 0 Å². The first kappa shape index (κ1) is 11.3. The van der Waals surface area contributed by atoms with Crippen LogP contribution < -0.4 is 4.90 Å². The van der Waals surface area contributed by atoms with Gasteiger partial charge < -0.3 is 4.90 Å². The van der Waals surface area contributed by atoms with E-state index in [1.165, 1.54) is 0 Å². The molecule has 1 saturated heterocycles. The van der Waals surface area contributed by atoms with Crippen LogP contribution in [0.2, 0.25) is 5.02 Å². The summed E-state index contributed by atoms with van der Waals surface area (Å²) in [7, 11) is 0. The minimum atomic E-state index is 0.548. The van der Waals surface area contributed by atoms with Gasteiger partial charge in [-0.05, 0) is 24.0 Å². The molecule has 1 heterocycles. The largest absolute Gasteiger partial charge is 0.370 e. The molecule has 0 spiro atoms. The monoisotopic (exact) mass is 234 g/mol. The van der Waals surface area contributed by atoms with Gasteiger partial charge in [0.1, 0.15) is 6.07 Å². The highest BCUT2D eigenvalue weighted by molar-refractivity contribution is 6.32. The third kappa shape index (κ3) is 1.88. The summed E-state index contributed by atoms with van der Waals surface area (Å²) in [4.78, 5) is 2.26. The van der Waals surface area contributed by atoms with Crippen molar-refractivity contribution in [2.75, 3.05) is 18.0 Å². The molecule has 0 amide bonds. The Morgan fingerprint density at radius 2 is 1.94 bits per heavy atom. The van der Waals surface area contributed by atoms with Crippen LogP contribution in [0, 0.1) is 23.2 Å². The summed E-state index contributed by atoms with van der Waals surface area (Å²) < 4.78 is 0. The summed E-state index contributed by atoms with van der Waals surface area (Å²) in [6, 6.07) is 7.86. The van der Waals surface area contributed by atoms with Gasteiger partial charge in [-0.1, -0.05) is 31.5 Å². The predicted octanol–water partition coefficient (Wildman–Crippen LogP) is 3.30. The molecule has 1 aliphatic rings. The third-order valence-electron chi connectivity index (χ3n) is 3.43. The van der Waals surface area contributed by atoms with Crippen LogP contribution in [0.15, 0.2) is 18.2 Å². The Bertz CT molecular complexity index is 426. The molecule has 3 heteroatoms. The van der Waals surface area contributed by atoms with Gasteiger partial charge in [-0.25, -0.2) is 0 Å². The van der Waals surface area contributed by atoms with Crippen molar-refractivity contribution < 1.29 is 0 Å². The minimum Gasteiger partial charge on any atom is -0.370 e. The zero-order valence-electron chi connectivity index (χ0n) is 9.57. The molecule has 2 rings (SSSR count). The lowest BCUT2D eigenvalue weighted by Crippen LogP contribution is -2.20. The SMILES string of the molecule is CC1CN(c2cccc(Cl)c2C#N)CC1C. The average Bonchev–Trinajstić information content (AvgIpc) is 2.59. The lowest BCUT2D eigenvalue weighted by atomic mass is 10.0. The molecule has 1 aromatic rings. The Hall–Kier alpha value is -1.20. The van der Waals surface area contributed by atoms with Crippen molar-refractivity contribution in [2.45, 2.75) is 13.8 Å². The number of nitrogens with zero attached hydrogens (tertiary/aromatic N) is 2. The van der Waals surface area contributed by atoms with E-state index >= 15 is 0 Å². The summed E-state index contributed by atoms with van der Waals surface area (Å²) in [5.74, 6) is 1.34. The van der Waals surface area contributed by atoms with Crippen LogP contribution in [0.25, 0.3) is 0 Å². The number of hydrogen-bond donors (Lipinski definition) is 0. The first-order valence-electron chi connectivity index (χ1n) is 5.57. The Kier molecular flexibility index (Phi) is 3.07. The number of benzene rings is 1. The second-order valence-electron chi connectivity index (χ2n) is 4.61. The maximum atomic E-state index is 9.13. The molecule has 1 fully saturated rings. The van der Waals surface area contributed by atoms with E-state index in [1.807, 2.05) is 12.1 Å². The molecule has 0 N–H and O–H groups in total. The van der Waals surface area contributed by atoms with Gasteiger partial charge >= 0.3 is 0 Å². The molecule has 2 atom stereocenters. The van der Waals surface area contributed by atoms with Crippen LogP contribution in [-0.2, 0) is 0 Å². The molecular weight excluding hydrogens is 220 g/mol. The molecule has 84 valence electrons. The highest BCUT2D eigenvalue weighted by atomic mass is 35.5. The van der Waals surface area contributed by atoms with E-state index in [-0.39, 0.29) is 0 Å². The molecule has 0 aromatic heterocycles. The standard InChI is InChI=1S/C13H15ClN2/c1-9-7-16(8-10(9)2)13-5-3-4-12(14)11(13)6-15/h3-5,9-10H,7-8H2,1-2H3. The maximum absolute atomic E-state index is 9.13. The zero-order valence-corrected chi connectivity index (χ0v) is 10.3. The molecule has 0 radical (unpaired) electrons. The van der Waals surface area contributed by atoms with Gasteiger partial charge in [0.2, 0.25) is 0 Å². The van der Waals surface area contributed by atoms with E-state index in [0.29, 0.717) is 22.4 Å². The molecule has 0 aliphatic carbocycles. The van der Waals surface area contributed by atoms with Crippen molar-refractivity contribution in [3.63, 3.8) is 0 Å². The molecule has 16 heavy (non-hydrogen) atoms. The number of halogens is 1. The number of nitriles is 1. The van der Waals surface area contributed by atoms with Crippen molar-refractivity contribution >= 4 is 17.3 Å². The van der Waals surface area contributed by atoms with Crippen molar-refractivity contribution in [1.82, 2.24) is 0 Å². The molecule has 1 aromatic carbocycles. The molecular formula is C13H15ClN2. The van der Waals surface area contributed by atoms with E-state index in [1.54, 1.807) is 6.07 Å². The normalized spacial score (nSPS) is 24.5. The van der Waals surface area contributed by atoms with Gasteiger partial charge in [0, 0.05) is 13.1 Å². The van der Waals surface area contributed by atoms with Gasteiger partial charge in [-0.2, -0.15) is 5.26 Å². The van der Waals surface area contributed by atoms with Gasteiger partial charge in [-0.15, -0.1) is 0 Å². The van der Waals surface area contributed by atoms with Gasteiger partial charge in [0.05, 0.1) is 16.3 Å². The predicted molar refractivity (Wildman–Crippen MR) is 66.7 cm³/mol. The summed E-state index contributed by atoms with van der Waals surface area (Å²) in [6.45, 7) is 6.52. The summed E-state index contributed by atoms with van der Waals surface area (Å²) in [5.41, 5.74) is 1.58. The Morgan fingerprint density at radius 1 is 1.31 bits per heavy atom. The van der Waals surface area contributed by atoms with Crippen LogP contribution in [-0.4, -0.2) is 13.1 Å². The third-order valence-corrected chi connectivity index (χ3v) is 3.75. The van der Waals surface area contributed by atoms with Crippen LogP contribution in [0.4, 0.5) is 5.69 Å². The quantitative estimate of drug-likeness (QED) is 0.746. The van der Waals surface area contributed by atoms with Gasteiger partial charge in [0.25, 0.3) is 0 Å². The molecule has 0 bridgehead atoms. The van der Waals surface area contributed by atoms with E-state index in [9.17, 15) is 0 Å². The van der Waals surface area contributed by atoms with Crippen LogP contribution >= 0.6 is 11.6 Å². The minimum absolute atomic E-state index is 0.548. The highest BCUT2D eigenvalue weighted by Gasteiger charge is 2.27. The first-order valence-corrected chi connectivity index (χ1v) is 5.95. The number of rotatable bonds is 1. The Balaban J connectivity index is 2.35. The molecule has 2 unspecified atom stereocenters. The zero-order chi connectivity index (χ0) is 11.7. The maximum Gasteiger partial charge on any atom is 0.103 e. The van der Waals surface area contributed by atoms with Crippen molar-refractivity contribution in [3.05, 3.63) is 28.8 Å². The second-order valence-corrected chi connectivity index (χ2v) is 5.01. The van der Waals surface area contributed by atoms with E-state index in [4.69, 9.17) is 16.9 Å². The average molecular weight is 235 g/mol. The Morgan fingerprint density at radius 3 is 2.50 bits per heavy atom. The second kappa shape index (κ2) is 4.35. The van der Waals surface area contributed by atoms with Crippen molar-refractivity contribution in [3.8, 4) is 6.07 Å². The van der Waals surface area contributed by atoms with Gasteiger partial charge in [-0.3, -0.25) is 0 Å². The van der Waals surface area contributed by atoms with Crippen molar-refractivity contribution in [2.24, 2.45) is 11.8 Å². The van der Waals surface area contributed by atoms with Crippen LogP contribution in [0.3, 0.4) is 0 Å². The summed E-state index contributed by atoms with van der Waals surface area (Å²) >= 11 is 6.03. The number of anilines is 1. The fourth-order valence-electron chi connectivity index (χ4n) is 2.21. The fourth-order valence-corrected chi connectivity index (χ4v) is 2.43. The van der Waals surface area contributed by atoms with E-state index in [0.717, 1.165) is 18.8 Å². The Labute approximate surface area is 101 Å². The van der Waals surface area contributed by atoms with Crippen molar-refractivity contribution in [1.29, 1.82) is 5.26 Å². The fraction of sp³-hybridized carbons (Fsp3) is 0.462. The number of hydrogen-bond acceptors (Lipinski definition) is 2. The lowest BCUT2D eigenvalue weighted by Gasteiger charge is -2.20. The lowest BCUT2D eigenvalue weighted by molar-refractivity contribution is 0.494. The smallest absolute Gasteiger partial charge is 0.103 e.